The van der Waals surface area contributed by atoms with E-state index < -0.39 is 0 Å². The maximum atomic E-state index is 10.9. The molecule has 0 spiro atoms. The molecule has 4 heteroatoms. The molecule has 1 saturated carbocycles. The summed E-state index contributed by atoms with van der Waals surface area (Å²) in [7, 11) is 0. The van der Waals surface area contributed by atoms with Crippen LogP contribution in [0.15, 0.2) is 18.2 Å². The van der Waals surface area contributed by atoms with Crippen molar-refractivity contribution in [2.45, 2.75) is 39.7 Å². The van der Waals surface area contributed by atoms with E-state index in [0.29, 0.717) is 12.0 Å². The van der Waals surface area contributed by atoms with Crippen molar-refractivity contribution >= 4 is 11.4 Å². The molecule has 3 unspecified atom stereocenters. The summed E-state index contributed by atoms with van der Waals surface area (Å²) < 4.78 is 0. The number of rotatable bonds is 3. The molecule has 1 aliphatic rings. The van der Waals surface area contributed by atoms with Crippen LogP contribution in [-0.4, -0.2) is 11.0 Å². The normalized spacial score (nSPS) is 27.2. The van der Waals surface area contributed by atoms with Gasteiger partial charge in [-0.25, -0.2) is 0 Å². The summed E-state index contributed by atoms with van der Waals surface area (Å²) in [4.78, 5) is 10.6. The fraction of sp³-hybridized carbons (Fsp3) is 0.571. The minimum atomic E-state index is -0.318. The predicted octanol–water partition coefficient (Wildman–Crippen LogP) is 3.75. The van der Waals surface area contributed by atoms with Crippen molar-refractivity contribution in [3.63, 3.8) is 0 Å². The topological polar surface area (TPSA) is 55.2 Å². The van der Waals surface area contributed by atoms with E-state index in [4.69, 9.17) is 0 Å². The first-order valence-electron chi connectivity index (χ1n) is 6.51. The number of nitrogens with one attached hydrogen (secondary N) is 1. The van der Waals surface area contributed by atoms with Crippen LogP contribution in [0.5, 0.6) is 0 Å². The molecule has 1 fully saturated rings. The van der Waals surface area contributed by atoms with E-state index in [-0.39, 0.29) is 10.6 Å². The van der Waals surface area contributed by atoms with E-state index in [1.54, 1.807) is 12.1 Å². The van der Waals surface area contributed by atoms with Crippen LogP contribution in [0.4, 0.5) is 11.4 Å². The fourth-order valence-electron chi connectivity index (χ4n) is 2.75. The number of hydrogen-bond acceptors (Lipinski definition) is 3. The second kappa shape index (κ2) is 4.96. The predicted molar refractivity (Wildman–Crippen MR) is 72.8 cm³/mol. The monoisotopic (exact) mass is 248 g/mol. The summed E-state index contributed by atoms with van der Waals surface area (Å²) in [5, 5.41) is 14.4. The lowest BCUT2D eigenvalue weighted by Gasteiger charge is -2.21. The van der Waals surface area contributed by atoms with Gasteiger partial charge in [-0.05, 0) is 37.7 Å². The fourth-order valence-corrected chi connectivity index (χ4v) is 2.75. The number of nitro groups is 1. The van der Waals surface area contributed by atoms with Gasteiger partial charge in [0.25, 0.3) is 5.69 Å². The van der Waals surface area contributed by atoms with Gasteiger partial charge >= 0.3 is 0 Å². The third-order valence-corrected chi connectivity index (χ3v) is 4.31. The Bertz CT molecular complexity index is 459. The minimum Gasteiger partial charge on any atom is -0.382 e. The highest BCUT2D eigenvalue weighted by Crippen LogP contribution is 2.35. The van der Waals surface area contributed by atoms with Crippen molar-refractivity contribution in [1.29, 1.82) is 0 Å². The van der Waals surface area contributed by atoms with Gasteiger partial charge in [-0.15, -0.1) is 0 Å². The molecule has 0 saturated heterocycles. The molecule has 0 bridgehead atoms. The third-order valence-electron chi connectivity index (χ3n) is 4.31. The van der Waals surface area contributed by atoms with Crippen LogP contribution in [0.3, 0.4) is 0 Å². The maximum Gasteiger partial charge on any atom is 0.274 e. The maximum absolute atomic E-state index is 10.9. The van der Waals surface area contributed by atoms with Gasteiger partial charge in [-0.1, -0.05) is 19.9 Å². The lowest BCUT2D eigenvalue weighted by molar-refractivity contribution is -0.385. The zero-order valence-corrected chi connectivity index (χ0v) is 11.1. The van der Waals surface area contributed by atoms with Gasteiger partial charge in [0.2, 0.25) is 0 Å². The summed E-state index contributed by atoms with van der Waals surface area (Å²) in [6, 6.07) is 5.66. The van der Waals surface area contributed by atoms with Crippen LogP contribution in [0.1, 0.15) is 32.3 Å². The summed E-state index contributed by atoms with van der Waals surface area (Å²) >= 11 is 0. The third kappa shape index (κ3) is 2.33. The molecule has 0 heterocycles. The van der Waals surface area contributed by atoms with Crippen LogP contribution in [0.25, 0.3) is 0 Å². The molecule has 0 aliphatic heterocycles. The number of hydrogen-bond donors (Lipinski definition) is 1. The Kier molecular flexibility index (Phi) is 3.55. The van der Waals surface area contributed by atoms with Crippen LogP contribution >= 0.6 is 0 Å². The number of nitro benzene ring substituents is 1. The molecule has 1 aliphatic carbocycles. The second-order valence-corrected chi connectivity index (χ2v) is 5.37. The molecule has 4 nitrogen and oxygen atoms in total. The number of anilines is 1. The highest BCUT2D eigenvalue weighted by Gasteiger charge is 2.30. The van der Waals surface area contributed by atoms with Gasteiger partial charge in [0.05, 0.1) is 4.92 Å². The molecule has 1 aromatic carbocycles. The van der Waals surface area contributed by atoms with Crippen LogP contribution in [0.2, 0.25) is 0 Å². The lowest BCUT2D eigenvalue weighted by Crippen LogP contribution is -2.24. The van der Waals surface area contributed by atoms with Gasteiger partial charge < -0.3 is 5.32 Å². The van der Waals surface area contributed by atoms with E-state index >= 15 is 0 Å². The van der Waals surface area contributed by atoms with Crippen LogP contribution < -0.4 is 5.32 Å². The molecule has 0 amide bonds. The standard InChI is InChI=1S/C14H20N2O2/c1-9-7-8-13(10(9)2)15-12-5-4-6-14(11(12)3)16(17)18/h4-6,9-10,13,15H,7-8H2,1-3H3. The van der Waals surface area contributed by atoms with E-state index in [2.05, 4.69) is 19.2 Å². The number of benzene rings is 1. The SMILES string of the molecule is Cc1c(NC2CCC(C)C2C)cccc1[N+](=O)[O-]. The van der Waals surface area contributed by atoms with E-state index in [0.717, 1.165) is 23.6 Å². The zero-order chi connectivity index (χ0) is 13.3. The first-order chi connectivity index (χ1) is 8.50. The van der Waals surface area contributed by atoms with Gasteiger partial charge in [-0.2, -0.15) is 0 Å². The Balaban J connectivity index is 2.20. The average Bonchev–Trinajstić information content (AvgIpc) is 2.63. The van der Waals surface area contributed by atoms with Crippen molar-refractivity contribution in [3.05, 3.63) is 33.9 Å². The largest absolute Gasteiger partial charge is 0.382 e. The lowest BCUT2D eigenvalue weighted by atomic mass is 9.97. The highest BCUT2D eigenvalue weighted by molar-refractivity contribution is 5.60. The van der Waals surface area contributed by atoms with Gasteiger partial charge in [-0.3, -0.25) is 10.1 Å². The van der Waals surface area contributed by atoms with E-state index in [9.17, 15) is 10.1 Å². The molecule has 0 aromatic heterocycles. The summed E-state index contributed by atoms with van der Waals surface area (Å²) in [6.07, 6.45) is 2.37. The quantitative estimate of drug-likeness (QED) is 0.654. The number of nitrogens with zero attached hydrogens (tertiary/aromatic N) is 1. The van der Waals surface area contributed by atoms with Gasteiger partial charge in [0.1, 0.15) is 0 Å². The summed E-state index contributed by atoms with van der Waals surface area (Å²) in [5.41, 5.74) is 1.82. The Morgan fingerprint density at radius 2 is 2.06 bits per heavy atom. The minimum absolute atomic E-state index is 0.193. The summed E-state index contributed by atoms with van der Waals surface area (Å²) in [5.74, 6) is 1.34. The van der Waals surface area contributed by atoms with E-state index in [1.807, 2.05) is 13.0 Å². The molecule has 1 aromatic rings. The zero-order valence-electron chi connectivity index (χ0n) is 11.1. The summed E-state index contributed by atoms with van der Waals surface area (Å²) in [6.45, 7) is 6.33. The Hall–Kier alpha value is -1.58. The van der Waals surface area contributed by atoms with Crippen LogP contribution in [-0.2, 0) is 0 Å². The average molecular weight is 248 g/mol. The molecule has 1 N–H and O–H groups in total. The molecule has 3 atom stereocenters. The first-order valence-corrected chi connectivity index (χ1v) is 6.51. The molecular weight excluding hydrogens is 228 g/mol. The van der Waals surface area contributed by atoms with Gasteiger partial charge in [0.15, 0.2) is 0 Å². The van der Waals surface area contributed by atoms with Crippen molar-refractivity contribution in [2.75, 3.05) is 5.32 Å². The smallest absolute Gasteiger partial charge is 0.274 e. The Morgan fingerprint density at radius 1 is 1.33 bits per heavy atom. The van der Waals surface area contributed by atoms with E-state index in [1.165, 1.54) is 6.42 Å². The van der Waals surface area contributed by atoms with Gasteiger partial charge in [0, 0.05) is 23.4 Å². The Labute approximate surface area is 108 Å². The van der Waals surface area contributed by atoms with Crippen molar-refractivity contribution in [2.24, 2.45) is 11.8 Å². The highest BCUT2D eigenvalue weighted by atomic mass is 16.6. The van der Waals surface area contributed by atoms with Crippen molar-refractivity contribution in [1.82, 2.24) is 0 Å². The molecule has 2 rings (SSSR count). The molecule has 98 valence electrons. The first kappa shape index (κ1) is 12.9. The van der Waals surface area contributed by atoms with Crippen molar-refractivity contribution < 1.29 is 4.92 Å². The molecular formula is C14H20N2O2. The van der Waals surface area contributed by atoms with Crippen molar-refractivity contribution in [3.8, 4) is 0 Å². The molecule has 0 radical (unpaired) electrons. The van der Waals surface area contributed by atoms with Crippen LogP contribution in [0, 0.1) is 28.9 Å². The Morgan fingerprint density at radius 3 is 2.61 bits per heavy atom. The second-order valence-electron chi connectivity index (χ2n) is 5.37. The molecule has 18 heavy (non-hydrogen) atoms.